The van der Waals surface area contributed by atoms with Crippen LogP contribution in [-0.2, 0) is 11.2 Å². The number of carbonyl (C=O) groups excluding carboxylic acids is 1. The molecule has 0 N–H and O–H groups in total. The molecule has 156 valence electrons. The Kier molecular flexibility index (Phi) is 5.70. The standard InChI is InChI=1S/C23H25N3O4/c1-4-15-7-6-8-18(11-15)26-14-17(13-21(26)27)23-24-22(25-30-23)16-9-10-19(29-5-2)20(12-16)28-3/h6-12,17H,4-5,13-14H2,1-3H3. The molecule has 1 unspecified atom stereocenters. The summed E-state index contributed by atoms with van der Waals surface area (Å²) in [5.41, 5.74) is 2.88. The minimum Gasteiger partial charge on any atom is -0.493 e. The molecule has 0 radical (unpaired) electrons. The molecular weight excluding hydrogens is 382 g/mol. The molecule has 30 heavy (non-hydrogen) atoms. The summed E-state index contributed by atoms with van der Waals surface area (Å²) in [5.74, 6) is 2.15. The van der Waals surface area contributed by atoms with Gasteiger partial charge in [-0.1, -0.05) is 24.2 Å². The number of rotatable bonds is 7. The molecule has 1 aromatic heterocycles. The molecule has 0 aliphatic carbocycles. The lowest BCUT2D eigenvalue weighted by Crippen LogP contribution is -2.24. The second-order valence-corrected chi connectivity index (χ2v) is 7.18. The molecule has 7 nitrogen and oxygen atoms in total. The van der Waals surface area contributed by atoms with Crippen molar-refractivity contribution in [3.8, 4) is 22.9 Å². The van der Waals surface area contributed by atoms with Gasteiger partial charge < -0.3 is 18.9 Å². The van der Waals surface area contributed by atoms with Gasteiger partial charge in [0.15, 0.2) is 11.5 Å². The van der Waals surface area contributed by atoms with E-state index in [1.807, 2.05) is 37.3 Å². The van der Waals surface area contributed by atoms with Gasteiger partial charge in [-0.15, -0.1) is 0 Å². The first-order valence-corrected chi connectivity index (χ1v) is 10.2. The van der Waals surface area contributed by atoms with E-state index in [4.69, 9.17) is 14.0 Å². The molecule has 1 fully saturated rings. The first-order chi connectivity index (χ1) is 14.6. The Morgan fingerprint density at radius 1 is 1.17 bits per heavy atom. The van der Waals surface area contributed by atoms with Crippen LogP contribution in [0.25, 0.3) is 11.4 Å². The van der Waals surface area contributed by atoms with Crippen molar-refractivity contribution < 1.29 is 18.8 Å². The van der Waals surface area contributed by atoms with Crippen molar-refractivity contribution in [3.63, 3.8) is 0 Å². The quantitative estimate of drug-likeness (QED) is 0.583. The molecule has 0 bridgehead atoms. The molecule has 1 aliphatic heterocycles. The summed E-state index contributed by atoms with van der Waals surface area (Å²) in [6.45, 7) is 5.10. The Morgan fingerprint density at radius 3 is 2.80 bits per heavy atom. The van der Waals surface area contributed by atoms with Crippen LogP contribution < -0.4 is 14.4 Å². The molecule has 7 heteroatoms. The van der Waals surface area contributed by atoms with Crippen molar-refractivity contribution in [1.82, 2.24) is 10.1 Å². The van der Waals surface area contributed by atoms with Gasteiger partial charge in [-0.05, 0) is 49.2 Å². The van der Waals surface area contributed by atoms with Crippen molar-refractivity contribution in [2.75, 3.05) is 25.2 Å². The molecule has 1 saturated heterocycles. The van der Waals surface area contributed by atoms with E-state index in [9.17, 15) is 4.79 Å². The zero-order valence-electron chi connectivity index (χ0n) is 17.4. The Labute approximate surface area is 175 Å². The third-order valence-corrected chi connectivity index (χ3v) is 5.27. The minimum atomic E-state index is -0.131. The summed E-state index contributed by atoms with van der Waals surface area (Å²) in [7, 11) is 1.59. The van der Waals surface area contributed by atoms with Crippen LogP contribution in [0.15, 0.2) is 47.0 Å². The van der Waals surface area contributed by atoms with Gasteiger partial charge >= 0.3 is 0 Å². The smallest absolute Gasteiger partial charge is 0.232 e. The van der Waals surface area contributed by atoms with Crippen LogP contribution in [0.4, 0.5) is 5.69 Å². The van der Waals surface area contributed by atoms with E-state index in [0.717, 1.165) is 17.7 Å². The molecule has 4 rings (SSSR count). The van der Waals surface area contributed by atoms with Gasteiger partial charge in [0.25, 0.3) is 0 Å². The van der Waals surface area contributed by atoms with Gasteiger partial charge in [0, 0.05) is 24.2 Å². The maximum atomic E-state index is 12.6. The zero-order chi connectivity index (χ0) is 21.1. The van der Waals surface area contributed by atoms with Gasteiger partial charge in [-0.25, -0.2) is 0 Å². The predicted octanol–water partition coefficient (Wildman–Crippen LogP) is 4.23. The van der Waals surface area contributed by atoms with Gasteiger partial charge in [-0.2, -0.15) is 4.98 Å². The van der Waals surface area contributed by atoms with Crippen LogP contribution >= 0.6 is 0 Å². The Hall–Kier alpha value is -3.35. The first kappa shape index (κ1) is 19.9. The molecule has 0 spiro atoms. The number of hydrogen-bond acceptors (Lipinski definition) is 6. The maximum absolute atomic E-state index is 12.6. The number of amides is 1. The summed E-state index contributed by atoms with van der Waals surface area (Å²) in [5, 5.41) is 4.12. The van der Waals surface area contributed by atoms with Crippen molar-refractivity contribution in [2.45, 2.75) is 32.6 Å². The first-order valence-electron chi connectivity index (χ1n) is 10.2. The summed E-state index contributed by atoms with van der Waals surface area (Å²) in [4.78, 5) is 19.0. The highest BCUT2D eigenvalue weighted by atomic mass is 16.5. The molecule has 1 aliphatic rings. The number of carbonyl (C=O) groups is 1. The lowest BCUT2D eigenvalue weighted by atomic mass is 10.1. The molecule has 3 aromatic rings. The zero-order valence-corrected chi connectivity index (χ0v) is 17.4. The number of nitrogens with zero attached hydrogens (tertiary/aromatic N) is 3. The fraction of sp³-hybridized carbons (Fsp3) is 0.348. The number of ether oxygens (including phenoxy) is 2. The van der Waals surface area contributed by atoms with E-state index in [1.54, 1.807) is 12.0 Å². The van der Waals surface area contributed by atoms with E-state index >= 15 is 0 Å². The lowest BCUT2D eigenvalue weighted by Gasteiger charge is -2.16. The molecule has 2 heterocycles. The van der Waals surface area contributed by atoms with E-state index in [1.165, 1.54) is 5.56 Å². The summed E-state index contributed by atoms with van der Waals surface area (Å²) in [6, 6.07) is 13.6. The second kappa shape index (κ2) is 8.57. The van der Waals surface area contributed by atoms with Gasteiger partial charge in [0.1, 0.15) is 0 Å². The predicted molar refractivity (Wildman–Crippen MR) is 113 cm³/mol. The van der Waals surface area contributed by atoms with E-state index < -0.39 is 0 Å². The molecule has 2 aromatic carbocycles. The van der Waals surface area contributed by atoms with Crippen molar-refractivity contribution in [3.05, 3.63) is 53.9 Å². The third kappa shape index (κ3) is 3.87. The van der Waals surface area contributed by atoms with Crippen LogP contribution in [0.3, 0.4) is 0 Å². The fourth-order valence-electron chi connectivity index (χ4n) is 3.67. The molecule has 1 amide bonds. The highest BCUT2D eigenvalue weighted by Gasteiger charge is 2.35. The number of anilines is 1. The average molecular weight is 407 g/mol. The fourth-order valence-corrected chi connectivity index (χ4v) is 3.67. The minimum absolute atomic E-state index is 0.0655. The van der Waals surface area contributed by atoms with E-state index in [2.05, 4.69) is 29.2 Å². The van der Waals surface area contributed by atoms with Crippen LogP contribution in [0.2, 0.25) is 0 Å². The highest BCUT2D eigenvalue weighted by Crippen LogP contribution is 2.34. The monoisotopic (exact) mass is 407 g/mol. The number of aryl methyl sites for hydroxylation is 1. The van der Waals surface area contributed by atoms with Gasteiger partial charge in [-0.3, -0.25) is 4.79 Å². The second-order valence-electron chi connectivity index (χ2n) is 7.18. The highest BCUT2D eigenvalue weighted by molar-refractivity contribution is 5.96. The Balaban J connectivity index is 1.54. The topological polar surface area (TPSA) is 77.7 Å². The van der Waals surface area contributed by atoms with Crippen LogP contribution in [0, 0.1) is 0 Å². The Bertz CT molecular complexity index is 1050. The van der Waals surface area contributed by atoms with Crippen LogP contribution in [0.5, 0.6) is 11.5 Å². The molecule has 1 atom stereocenters. The van der Waals surface area contributed by atoms with Crippen molar-refractivity contribution in [2.24, 2.45) is 0 Å². The van der Waals surface area contributed by atoms with Crippen LogP contribution in [-0.4, -0.2) is 36.3 Å². The summed E-state index contributed by atoms with van der Waals surface area (Å²) >= 11 is 0. The number of aromatic nitrogens is 2. The molecular formula is C23H25N3O4. The normalized spacial score (nSPS) is 16.2. The maximum Gasteiger partial charge on any atom is 0.232 e. The SMILES string of the molecule is CCOc1ccc(-c2noc(C3CC(=O)N(c4cccc(CC)c4)C3)n2)cc1OC. The van der Waals surface area contributed by atoms with Gasteiger partial charge in [0.2, 0.25) is 17.6 Å². The molecule has 0 saturated carbocycles. The number of hydrogen-bond donors (Lipinski definition) is 0. The Morgan fingerprint density at radius 2 is 2.03 bits per heavy atom. The van der Waals surface area contributed by atoms with Crippen molar-refractivity contribution >= 4 is 11.6 Å². The number of benzene rings is 2. The van der Waals surface area contributed by atoms with Crippen molar-refractivity contribution in [1.29, 1.82) is 0 Å². The van der Waals surface area contributed by atoms with E-state index in [-0.39, 0.29) is 11.8 Å². The number of methoxy groups -OCH3 is 1. The lowest BCUT2D eigenvalue weighted by molar-refractivity contribution is -0.117. The largest absolute Gasteiger partial charge is 0.493 e. The van der Waals surface area contributed by atoms with E-state index in [0.29, 0.717) is 42.8 Å². The summed E-state index contributed by atoms with van der Waals surface area (Å²) < 4.78 is 16.5. The summed E-state index contributed by atoms with van der Waals surface area (Å²) in [6.07, 6.45) is 1.28. The van der Waals surface area contributed by atoms with Gasteiger partial charge in [0.05, 0.1) is 19.6 Å². The third-order valence-electron chi connectivity index (χ3n) is 5.27. The van der Waals surface area contributed by atoms with Crippen LogP contribution in [0.1, 0.15) is 37.6 Å². The average Bonchev–Trinajstić information content (AvgIpc) is 3.41.